The van der Waals surface area contributed by atoms with Crippen LogP contribution >= 0.6 is 0 Å². The smallest absolute Gasteiger partial charge is 0.289 e. The Balaban J connectivity index is 1.52. The van der Waals surface area contributed by atoms with Crippen molar-refractivity contribution in [3.63, 3.8) is 0 Å². The lowest BCUT2D eigenvalue weighted by molar-refractivity contribution is 0.0950. The second kappa shape index (κ2) is 6.92. The molecule has 6 heteroatoms. The zero-order valence-electron chi connectivity index (χ0n) is 15.1. The number of nitrogens with zero attached hydrogens (tertiary/aromatic N) is 3. The van der Waals surface area contributed by atoms with Crippen LogP contribution in [0.2, 0.25) is 0 Å². The number of carbonyl (C=O) groups is 1. The SMILES string of the molecule is Cc1c(/C=N\NC(=O)c2cc(-c3ccccc3)n[nH]2)c2ccccc2n1C. The molecule has 0 atom stereocenters. The summed E-state index contributed by atoms with van der Waals surface area (Å²) in [5, 5.41) is 12.2. The number of hydrogen-bond acceptors (Lipinski definition) is 3. The molecule has 2 aromatic carbocycles. The van der Waals surface area contributed by atoms with Crippen LogP contribution in [0.15, 0.2) is 65.8 Å². The first kappa shape index (κ1) is 16.8. The molecule has 2 N–H and O–H groups in total. The number of rotatable bonds is 4. The van der Waals surface area contributed by atoms with E-state index in [1.54, 1.807) is 12.3 Å². The van der Waals surface area contributed by atoms with Gasteiger partial charge in [-0.3, -0.25) is 9.89 Å². The number of hydrazone groups is 1. The summed E-state index contributed by atoms with van der Waals surface area (Å²) in [7, 11) is 2.02. The van der Waals surface area contributed by atoms with E-state index in [4.69, 9.17) is 0 Å². The summed E-state index contributed by atoms with van der Waals surface area (Å²) in [5.74, 6) is -0.334. The van der Waals surface area contributed by atoms with Crippen molar-refractivity contribution in [3.05, 3.63) is 77.6 Å². The number of fused-ring (bicyclic) bond motifs is 1. The molecule has 0 unspecified atom stereocenters. The number of benzene rings is 2. The molecule has 27 heavy (non-hydrogen) atoms. The van der Waals surface area contributed by atoms with E-state index in [1.807, 2.05) is 62.5 Å². The summed E-state index contributed by atoms with van der Waals surface area (Å²) >= 11 is 0. The fourth-order valence-corrected chi connectivity index (χ4v) is 3.12. The summed E-state index contributed by atoms with van der Waals surface area (Å²) in [4.78, 5) is 12.3. The second-order valence-electron chi connectivity index (χ2n) is 6.31. The highest BCUT2D eigenvalue weighted by atomic mass is 16.2. The van der Waals surface area contributed by atoms with Crippen molar-refractivity contribution in [2.45, 2.75) is 6.92 Å². The first-order chi connectivity index (χ1) is 13.1. The van der Waals surface area contributed by atoms with Gasteiger partial charge < -0.3 is 4.57 Å². The number of H-pyrrole nitrogens is 1. The zero-order valence-corrected chi connectivity index (χ0v) is 15.1. The average molecular weight is 357 g/mol. The predicted octanol–water partition coefficient (Wildman–Crippen LogP) is 3.64. The third-order valence-electron chi connectivity index (χ3n) is 4.70. The van der Waals surface area contributed by atoms with Crippen LogP contribution in [-0.4, -0.2) is 26.9 Å². The molecule has 2 aromatic heterocycles. The highest BCUT2D eigenvalue weighted by Gasteiger charge is 2.11. The Kier molecular flexibility index (Phi) is 4.30. The summed E-state index contributed by atoms with van der Waals surface area (Å²) in [6.07, 6.45) is 1.68. The topological polar surface area (TPSA) is 75.1 Å². The van der Waals surface area contributed by atoms with E-state index in [0.717, 1.165) is 33.4 Å². The number of aromatic amines is 1. The van der Waals surface area contributed by atoms with Gasteiger partial charge in [0.1, 0.15) is 5.69 Å². The van der Waals surface area contributed by atoms with E-state index >= 15 is 0 Å². The molecule has 4 rings (SSSR count). The maximum absolute atomic E-state index is 12.3. The fraction of sp³-hybridized carbons (Fsp3) is 0.0952. The van der Waals surface area contributed by atoms with E-state index in [-0.39, 0.29) is 5.91 Å². The van der Waals surface area contributed by atoms with Crippen molar-refractivity contribution in [1.29, 1.82) is 0 Å². The van der Waals surface area contributed by atoms with Crippen molar-refractivity contribution in [1.82, 2.24) is 20.2 Å². The van der Waals surface area contributed by atoms with Gasteiger partial charge in [0.15, 0.2) is 0 Å². The van der Waals surface area contributed by atoms with Crippen molar-refractivity contribution < 1.29 is 4.79 Å². The molecular formula is C21H19N5O. The van der Waals surface area contributed by atoms with Gasteiger partial charge in [-0.25, -0.2) is 5.43 Å². The number of aromatic nitrogens is 3. The van der Waals surface area contributed by atoms with Crippen LogP contribution < -0.4 is 5.43 Å². The first-order valence-corrected chi connectivity index (χ1v) is 8.63. The molecule has 0 fully saturated rings. The van der Waals surface area contributed by atoms with Crippen LogP contribution in [-0.2, 0) is 7.05 Å². The second-order valence-corrected chi connectivity index (χ2v) is 6.31. The van der Waals surface area contributed by atoms with Gasteiger partial charge in [-0.15, -0.1) is 0 Å². The Labute approximate surface area is 156 Å². The maximum atomic E-state index is 12.3. The monoisotopic (exact) mass is 357 g/mol. The van der Waals surface area contributed by atoms with E-state index in [1.165, 1.54) is 0 Å². The maximum Gasteiger partial charge on any atom is 0.289 e. The number of nitrogens with one attached hydrogen (secondary N) is 2. The Hall–Kier alpha value is -3.67. The van der Waals surface area contributed by atoms with Gasteiger partial charge in [-0.05, 0) is 19.1 Å². The molecular weight excluding hydrogens is 338 g/mol. The minimum atomic E-state index is -0.334. The Morgan fingerprint density at radius 2 is 1.89 bits per heavy atom. The summed E-state index contributed by atoms with van der Waals surface area (Å²) < 4.78 is 2.11. The van der Waals surface area contributed by atoms with E-state index < -0.39 is 0 Å². The molecule has 0 radical (unpaired) electrons. The molecule has 1 amide bonds. The number of hydrogen-bond donors (Lipinski definition) is 2. The number of para-hydroxylation sites is 1. The highest BCUT2D eigenvalue weighted by molar-refractivity contribution is 6.01. The molecule has 6 nitrogen and oxygen atoms in total. The molecule has 0 saturated carbocycles. The standard InChI is InChI=1S/C21H19N5O/c1-14-17(16-10-6-7-11-20(16)26(14)2)13-22-25-21(27)19-12-18(23-24-19)15-8-4-3-5-9-15/h3-13H,1-2H3,(H,23,24)(H,25,27)/b22-13-. The number of carbonyl (C=O) groups excluding carboxylic acids is 1. The number of amides is 1. The van der Waals surface area contributed by atoms with Gasteiger partial charge in [0.25, 0.3) is 5.91 Å². The van der Waals surface area contributed by atoms with E-state index in [9.17, 15) is 4.79 Å². The summed E-state index contributed by atoms with van der Waals surface area (Å²) in [6.45, 7) is 2.03. The first-order valence-electron chi connectivity index (χ1n) is 8.63. The van der Waals surface area contributed by atoms with Crippen molar-refractivity contribution in [3.8, 4) is 11.3 Å². The molecule has 134 valence electrons. The minimum absolute atomic E-state index is 0.334. The molecule has 4 aromatic rings. The highest BCUT2D eigenvalue weighted by Crippen LogP contribution is 2.23. The van der Waals surface area contributed by atoms with Crippen molar-refractivity contribution >= 4 is 23.0 Å². The average Bonchev–Trinajstić information content (AvgIpc) is 3.29. The van der Waals surface area contributed by atoms with Crippen LogP contribution in [0.3, 0.4) is 0 Å². The van der Waals surface area contributed by atoms with Crippen molar-refractivity contribution in [2.75, 3.05) is 0 Å². The van der Waals surface area contributed by atoms with Crippen LogP contribution in [0.1, 0.15) is 21.7 Å². The van der Waals surface area contributed by atoms with Crippen LogP contribution in [0, 0.1) is 6.92 Å². The lowest BCUT2D eigenvalue weighted by Gasteiger charge is -1.98. The Bertz CT molecular complexity index is 1140. The molecule has 0 aliphatic rings. The van der Waals surface area contributed by atoms with E-state index in [0.29, 0.717) is 5.69 Å². The normalized spacial score (nSPS) is 11.3. The lowest BCUT2D eigenvalue weighted by Crippen LogP contribution is -2.18. The minimum Gasteiger partial charge on any atom is -0.347 e. The molecule has 0 saturated heterocycles. The Morgan fingerprint density at radius 3 is 2.70 bits per heavy atom. The van der Waals surface area contributed by atoms with Crippen molar-refractivity contribution in [2.24, 2.45) is 12.1 Å². The Morgan fingerprint density at radius 1 is 1.15 bits per heavy atom. The molecule has 0 spiro atoms. The fourth-order valence-electron chi connectivity index (χ4n) is 3.12. The summed E-state index contributed by atoms with van der Waals surface area (Å²) in [5.41, 5.74) is 7.79. The van der Waals surface area contributed by atoms with Crippen LogP contribution in [0.4, 0.5) is 0 Å². The van der Waals surface area contributed by atoms with Crippen LogP contribution in [0.5, 0.6) is 0 Å². The third-order valence-corrected chi connectivity index (χ3v) is 4.70. The van der Waals surface area contributed by atoms with Gasteiger partial charge in [0.05, 0.1) is 11.9 Å². The van der Waals surface area contributed by atoms with Gasteiger partial charge in [-0.1, -0.05) is 48.5 Å². The van der Waals surface area contributed by atoms with Crippen LogP contribution in [0.25, 0.3) is 22.2 Å². The van der Waals surface area contributed by atoms with Gasteiger partial charge in [0.2, 0.25) is 0 Å². The molecule has 0 aliphatic carbocycles. The molecule has 0 aliphatic heterocycles. The van der Waals surface area contributed by atoms with E-state index in [2.05, 4.69) is 31.4 Å². The largest absolute Gasteiger partial charge is 0.347 e. The number of aryl methyl sites for hydroxylation is 1. The predicted molar refractivity (Wildman–Crippen MR) is 107 cm³/mol. The molecule has 2 heterocycles. The van der Waals surface area contributed by atoms with Gasteiger partial charge in [-0.2, -0.15) is 10.2 Å². The quantitative estimate of drug-likeness (QED) is 0.432. The van der Waals surface area contributed by atoms with Gasteiger partial charge >= 0.3 is 0 Å². The zero-order chi connectivity index (χ0) is 18.8. The third kappa shape index (κ3) is 3.13. The van der Waals surface area contributed by atoms with Gasteiger partial charge in [0, 0.05) is 34.8 Å². The molecule has 0 bridgehead atoms. The summed E-state index contributed by atoms with van der Waals surface area (Å²) in [6, 6.07) is 19.5. The lowest BCUT2D eigenvalue weighted by atomic mass is 10.1.